The van der Waals surface area contributed by atoms with Crippen molar-refractivity contribution >= 4 is 22.8 Å². The maximum Gasteiger partial charge on any atom is 0.407 e. The molecule has 4 aromatic rings. The van der Waals surface area contributed by atoms with Gasteiger partial charge in [-0.1, -0.05) is 6.07 Å². The summed E-state index contributed by atoms with van der Waals surface area (Å²) < 4.78 is 7.37. The highest BCUT2D eigenvalue weighted by molar-refractivity contribution is 5.82. The maximum atomic E-state index is 12.4. The van der Waals surface area contributed by atoms with Crippen molar-refractivity contribution in [2.45, 2.75) is 70.9 Å². The molecule has 2 aliphatic rings. The van der Waals surface area contributed by atoms with Gasteiger partial charge < -0.3 is 15.0 Å². The zero-order valence-corrected chi connectivity index (χ0v) is 22.9. The lowest BCUT2D eigenvalue weighted by Crippen LogP contribution is -2.49. The number of carbonyl (C=O) groups excluding carboxylic acids is 1. The maximum absolute atomic E-state index is 12.4. The number of pyridine rings is 2. The summed E-state index contributed by atoms with van der Waals surface area (Å²) in [5.41, 5.74) is 3.95. The molecule has 5 heterocycles. The van der Waals surface area contributed by atoms with Gasteiger partial charge in [-0.25, -0.2) is 19.4 Å². The standard InChI is InChI=1S/C29H34N8O2/c1-18-13-30-16-24(33-18)23-12-25-20(14-31-23)15-32-37(25)26-10-9-22(19-7-8-19)27(35-26)36-11-5-6-21(17-36)34-28(38)39-29(2,3)4/h9-10,12-16,19,21H,5-8,11,17H2,1-4H3,(H,34,38). The van der Waals surface area contributed by atoms with Gasteiger partial charge in [-0.15, -0.1) is 0 Å². The monoisotopic (exact) mass is 526 g/mol. The Kier molecular flexibility index (Phi) is 6.40. The van der Waals surface area contributed by atoms with Crippen LogP contribution in [0.25, 0.3) is 28.1 Å². The van der Waals surface area contributed by atoms with Crippen LogP contribution in [0.3, 0.4) is 0 Å². The summed E-state index contributed by atoms with van der Waals surface area (Å²) in [4.78, 5) is 33.4. The molecule has 2 fully saturated rings. The molecule has 4 aromatic heterocycles. The fraction of sp³-hybridized carbons (Fsp3) is 0.448. The van der Waals surface area contributed by atoms with E-state index in [4.69, 9.17) is 9.72 Å². The SMILES string of the molecule is Cc1cncc(-c2cc3c(cn2)cnn3-c2ccc(C3CC3)c(N3CCCC(NC(=O)OC(C)(C)C)C3)n2)n1. The Hall–Kier alpha value is -4.08. The number of nitrogens with one attached hydrogen (secondary N) is 1. The van der Waals surface area contributed by atoms with Crippen LogP contribution in [0.15, 0.2) is 43.0 Å². The third-order valence-electron chi connectivity index (χ3n) is 7.04. The molecule has 10 heteroatoms. The number of aryl methyl sites for hydroxylation is 1. The third-order valence-corrected chi connectivity index (χ3v) is 7.04. The first-order chi connectivity index (χ1) is 18.7. The first-order valence-corrected chi connectivity index (χ1v) is 13.6. The van der Waals surface area contributed by atoms with Crippen LogP contribution in [0.4, 0.5) is 10.6 Å². The number of hydrogen-bond donors (Lipinski definition) is 1. The van der Waals surface area contributed by atoms with E-state index in [0.29, 0.717) is 12.5 Å². The van der Waals surface area contributed by atoms with Crippen LogP contribution in [0.5, 0.6) is 0 Å². The Balaban J connectivity index is 1.31. The number of rotatable bonds is 5. The van der Waals surface area contributed by atoms with Crippen LogP contribution < -0.4 is 10.2 Å². The molecule has 1 aliphatic heterocycles. The normalized spacial score (nSPS) is 17.8. The smallest absolute Gasteiger partial charge is 0.407 e. The molecule has 1 saturated heterocycles. The molecule has 10 nitrogen and oxygen atoms in total. The first-order valence-electron chi connectivity index (χ1n) is 13.6. The first kappa shape index (κ1) is 25.2. The van der Waals surface area contributed by atoms with Gasteiger partial charge in [0.15, 0.2) is 5.82 Å². The van der Waals surface area contributed by atoms with Gasteiger partial charge in [-0.2, -0.15) is 5.10 Å². The Bertz CT molecular complexity index is 1520. The van der Waals surface area contributed by atoms with E-state index < -0.39 is 5.60 Å². The van der Waals surface area contributed by atoms with Crippen LogP contribution in [0.1, 0.15) is 63.6 Å². The Morgan fingerprint density at radius 3 is 2.67 bits per heavy atom. The predicted octanol–water partition coefficient (Wildman–Crippen LogP) is 4.95. The molecule has 0 bridgehead atoms. The fourth-order valence-electron chi connectivity index (χ4n) is 5.12. The number of alkyl carbamates (subject to hydrolysis) is 1. The van der Waals surface area contributed by atoms with Gasteiger partial charge in [-0.3, -0.25) is 9.97 Å². The van der Waals surface area contributed by atoms with E-state index in [1.807, 2.05) is 50.8 Å². The molecule has 39 heavy (non-hydrogen) atoms. The van der Waals surface area contributed by atoms with E-state index in [0.717, 1.165) is 59.0 Å². The van der Waals surface area contributed by atoms with Crippen molar-refractivity contribution in [3.8, 4) is 17.2 Å². The minimum absolute atomic E-state index is 0.000661. The van der Waals surface area contributed by atoms with Gasteiger partial charge in [0.05, 0.1) is 29.3 Å². The van der Waals surface area contributed by atoms with Crippen molar-refractivity contribution in [1.29, 1.82) is 0 Å². The molecule has 0 radical (unpaired) electrons. The lowest BCUT2D eigenvalue weighted by Gasteiger charge is -2.35. The number of aromatic nitrogens is 6. The average Bonchev–Trinajstić information content (AvgIpc) is 3.66. The van der Waals surface area contributed by atoms with Crippen LogP contribution in [-0.2, 0) is 4.74 Å². The number of piperidine rings is 1. The van der Waals surface area contributed by atoms with Crippen molar-refractivity contribution in [2.24, 2.45) is 0 Å². The second kappa shape index (κ2) is 9.91. The molecule has 6 rings (SSSR count). The molecule has 0 spiro atoms. The summed E-state index contributed by atoms with van der Waals surface area (Å²) in [5.74, 6) is 2.26. The Labute approximate surface area is 227 Å². The second-order valence-corrected chi connectivity index (χ2v) is 11.5. The largest absolute Gasteiger partial charge is 0.444 e. The van der Waals surface area contributed by atoms with Crippen molar-refractivity contribution in [3.05, 3.63) is 54.2 Å². The van der Waals surface area contributed by atoms with Crippen LogP contribution in [-0.4, -0.2) is 60.5 Å². The fourth-order valence-corrected chi connectivity index (χ4v) is 5.12. The highest BCUT2D eigenvalue weighted by Crippen LogP contribution is 2.44. The van der Waals surface area contributed by atoms with Crippen LogP contribution in [0.2, 0.25) is 0 Å². The van der Waals surface area contributed by atoms with Gasteiger partial charge in [0.25, 0.3) is 0 Å². The lowest BCUT2D eigenvalue weighted by atomic mass is 10.0. The third kappa shape index (κ3) is 5.55. The van der Waals surface area contributed by atoms with E-state index >= 15 is 0 Å². The highest BCUT2D eigenvalue weighted by Gasteiger charge is 2.32. The number of amides is 1. The van der Waals surface area contributed by atoms with Crippen molar-refractivity contribution in [3.63, 3.8) is 0 Å². The average molecular weight is 527 g/mol. The molecule has 0 aromatic carbocycles. The zero-order chi connectivity index (χ0) is 27.1. The lowest BCUT2D eigenvalue weighted by molar-refractivity contribution is 0.0500. The molecule has 1 saturated carbocycles. The second-order valence-electron chi connectivity index (χ2n) is 11.5. The molecule has 1 aliphatic carbocycles. The molecule has 1 N–H and O–H groups in total. The van der Waals surface area contributed by atoms with Crippen molar-refractivity contribution in [2.75, 3.05) is 18.0 Å². The minimum atomic E-state index is -0.526. The van der Waals surface area contributed by atoms with E-state index in [2.05, 4.69) is 42.4 Å². The van der Waals surface area contributed by atoms with Gasteiger partial charge in [0, 0.05) is 36.9 Å². The van der Waals surface area contributed by atoms with E-state index in [9.17, 15) is 4.79 Å². The Morgan fingerprint density at radius 1 is 1.05 bits per heavy atom. The molecular formula is C29H34N8O2. The predicted molar refractivity (Wildman–Crippen MR) is 149 cm³/mol. The molecule has 202 valence electrons. The van der Waals surface area contributed by atoms with E-state index in [-0.39, 0.29) is 12.1 Å². The van der Waals surface area contributed by atoms with Gasteiger partial charge in [-0.05, 0) is 77.0 Å². The summed E-state index contributed by atoms with van der Waals surface area (Å²) in [7, 11) is 0. The summed E-state index contributed by atoms with van der Waals surface area (Å²) in [6.45, 7) is 9.13. The molecule has 1 unspecified atom stereocenters. The van der Waals surface area contributed by atoms with Gasteiger partial charge >= 0.3 is 6.09 Å². The summed E-state index contributed by atoms with van der Waals surface area (Å²) in [6.07, 6.45) is 10.9. The molecule has 1 atom stereocenters. The summed E-state index contributed by atoms with van der Waals surface area (Å²) >= 11 is 0. The number of ether oxygens (including phenoxy) is 1. The number of fused-ring (bicyclic) bond motifs is 1. The van der Waals surface area contributed by atoms with Gasteiger partial charge in [0.2, 0.25) is 0 Å². The zero-order valence-electron chi connectivity index (χ0n) is 22.9. The molecule has 1 amide bonds. The van der Waals surface area contributed by atoms with Crippen LogP contribution in [0, 0.1) is 6.92 Å². The number of carbonyl (C=O) groups is 1. The number of anilines is 1. The molecular weight excluding hydrogens is 492 g/mol. The van der Waals surface area contributed by atoms with E-state index in [1.54, 1.807) is 12.4 Å². The number of hydrogen-bond acceptors (Lipinski definition) is 8. The summed E-state index contributed by atoms with van der Waals surface area (Å²) in [5, 5.41) is 8.66. The quantitative estimate of drug-likeness (QED) is 0.389. The van der Waals surface area contributed by atoms with Crippen LogP contribution >= 0.6 is 0 Å². The van der Waals surface area contributed by atoms with E-state index in [1.165, 1.54) is 18.4 Å². The Morgan fingerprint density at radius 2 is 1.90 bits per heavy atom. The minimum Gasteiger partial charge on any atom is -0.444 e. The van der Waals surface area contributed by atoms with Crippen molar-refractivity contribution in [1.82, 2.24) is 35.0 Å². The van der Waals surface area contributed by atoms with Gasteiger partial charge in [0.1, 0.15) is 17.1 Å². The topological polar surface area (TPSA) is 111 Å². The summed E-state index contributed by atoms with van der Waals surface area (Å²) in [6, 6.07) is 6.24. The highest BCUT2D eigenvalue weighted by atomic mass is 16.6. The number of nitrogens with zero attached hydrogens (tertiary/aromatic N) is 7. The van der Waals surface area contributed by atoms with Crippen molar-refractivity contribution < 1.29 is 9.53 Å².